The van der Waals surface area contributed by atoms with Gasteiger partial charge < -0.3 is 4.90 Å². The van der Waals surface area contributed by atoms with Crippen molar-refractivity contribution in [1.82, 2.24) is 9.78 Å². The van der Waals surface area contributed by atoms with Crippen LogP contribution in [0.2, 0.25) is 0 Å². The second-order valence-electron chi connectivity index (χ2n) is 6.78. The Kier molecular flexibility index (Phi) is 5.68. The summed E-state index contributed by atoms with van der Waals surface area (Å²) in [5.41, 5.74) is 2.73. The summed E-state index contributed by atoms with van der Waals surface area (Å²) in [5, 5.41) is 4.37. The normalized spacial score (nSPS) is 14.2. The fraction of sp³-hybridized carbons (Fsp3) is 0.400. The Morgan fingerprint density at radius 3 is 2.56 bits per heavy atom. The number of hydrogen-bond donors (Lipinski definition) is 0. The van der Waals surface area contributed by atoms with Crippen LogP contribution < -0.4 is 4.90 Å². The van der Waals surface area contributed by atoms with E-state index in [9.17, 15) is 18.0 Å². The van der Waals surface area contributed by atoms with Gasteiger partial charge in [0.1, 0.15) is 0 Å². The van der Waals surface area contributed by atoms with Gasteiger partial charge in [0.2, 0.25) is 5.91 Å². The minimum atomic E-state index is -4.17. The van der Waals surface area contributed by atoms with Gasteiger partial charge in [-0.1, -0.05) is 6.58 Å². The third-order valence-corrected chi connectivity index (χ3v) is 4.61. The van der Waals surface area contributed by atoms with Gasteiger partial charge in [0.15, 0.2) is 0 Å². The second-order valence-corrected chi connectivity index (χ2v) is 6.78. The number of carbonyl (C=O) groups is 1. The van der Waals surface area contributed by atoms with E-state index in [0.717, 1.165) is 5.69 Å². The zero-order valence-corrected chi connectivity index (χ0v) is 15.0. The SMILES string of the molecule is C=CC(=O)N(CCCCC(F)(F)F)c1ccc(-n2cc(C3CC3)cn2)cc1. The van der Waals surface area contributed by atoms with Crippen molar-refractivity contribution >= 4 is 11.6 Å². The minimum Gasteiger partial charge on any atom is -0.309 e. The van der Waals surface area contributed by atoms with Gasteiger partial charge in [0, 0.05) is 24.8 Å². The average Bonchev–Trinajstić information content (AvgIpc) is 3.37. The molecule has 1 aliphatic rings. The quantitative estimate of drug-likeness (QED) is 0.480. The molecule has 0 atom stereocenters. The lowest BCUT2D eigenvalue weighted by Crippen LogP contribution is -2.30. The van der Waals surface area contributed by atoms with Crippen molar-refractivity contribution in [3.05, 3.63) is 54.9 Å². The second kappa shape index (κ2) is 7.98. The van der Waals surface area contributed by atoms with Gasteiger partial charge in [-0.2, -0.15) is 18.3 Å². The van der Waals surface area contributed by atoms with Crippen molar-refractivity contribution in [1.29, 1.82) is 0 Å². The van der Waals surface area contributed by atoms with Crippen molar-refractivity contribution in [2.45, 2.75) is 44.2 Å². The topological polar surface area (TPSA) is 38.1 Å². The summed E-state index contributed by atoms with van der Waals surface area (Å²) in [6.45, 7) is 3.70. The van der Waals surface area contributed by atoms with Crippen LogP contribution >= 0.6 is 0 Å². The Morgan fingerprint density at radius 2 is 1.96 bits per heavy atom. The molecule has 0 bridgehead atoms. The lowest BCUT2D eigenvalue weighted by atomic mass is 10.2. The average molecular weight is 377 g/mol. The van der Waals surface area contributed by atoms with Crippen LogP contribution in [-0.2, 0) is 4.79 Å². The molecule has 144 valence electrons. The lowest BCUT2D eigenvalue weighted by Gasteiger charge is -2.22. The molecule has 7 heteroatoms. The largest absolute Gasteiger partial charge is 0.389 e. The van der Waals surface area contributed by atoms with Crippen molar-refractivity contribution in [3.63, 3.8) is 0 Å². The minimum absolute atomic E-state index is 0.0141. The lowest BCUT2D eigenvalue weighted by molar-refractivity contribution is -0.135. The highest BCUT2D eigenvalue weighted by Crippen LogP contribution is 2.39. The van der Waals surface area contributed by atoms with Crippen LogP contribution in [-0.4, -0.2) is 28.4 Å². The number of halogens is 3. The van der Waals surface area contributed by atoms with E-state index in [0.29, 0.717) is 11.6 Å². The highest BCUT2D eigenvalue weighted by atomic mass is 19.4. The molecule has 0 saturated heterocycles. The van der Waals surface area contributed by atoms with Crippen molar-refractivity contribution in [2.75, 3.05) is 11.4 Å². The molecule has 1 heterocycles. The zero-order valence-electron chi connectivity index (χ0n) is 15.0. The third kappa shape index (κ3) is 5.21. The molecule has 2 aromatic rings. The van der Waals surface area contributed by atoms with Crippen molar-refractivity contribution < 1.29 is 18.0 Å². The van der Waals surface area contributed by atoms with E-state index in [1.807, 2.05) is 24.5 Å². The van der Waals surface area contributed by atoms with Crippen LogP contribution in [0.15, 0.2) is 49.3 Å². The molecule has 1 amide bonds. The number of aromatic nitrogens is 2. The summed E-state index contributed by atoms with van der Waals surface area (Å²) < 4.78 is 38.6. The predicted molar refractivity (Wildman–Crippen MR) is 98.0 cm³/mol. The first-order valence-electron chi connectivity index (χ1n) is 9.03. The van der Waals surface area contributed by atoms with E-state index in [1.54, 1.807) is 16.8 Å². The molecule has 1 saturated carbocycles. The standard InChI is InChI=1S/C20H22F3N3O/c1-2-19(27)25(12-4-3-11-20(21,22)23)17-7-9-18(10-8-17)26-14-16(13-24-26)15-5-6-15/h2,7-10,13-15H,1,3-6,11-12H2. The molecular formula is C20H22F3N3O. The van der Waals surface area contributed by atoms with Crippen molar-refractivity contribution in [3.8, 4) is 5.69 Å². The Labute approximate surface area is 156 Å². The van der Waals surface area contributed by atoms with E-state index in [4.69, 9.17) is 0 Å². The van der Waals surface area contributed by atoms with Crippen LogP contribution in [0.5, 0.6) is 0 Å². The zero-order chi connectivity index (χ0) is 19.4. The highest BCUT2D eigenvalue weighted by molar-refractivity contribution is 6.01. The third-order valence-electron chi connectivity index (χ3n) is 4.61. The number of rotatable bonds is 8. The number of alkyl halides is 3. The van der Waals surface area contributed by atoms with Gasteiger partial charge in [0.25, 0.3) is 0 Å². The first-order valence-corrected chi connectivity index (χ1v) is 9.03. The number of amides is 1. The molecule has 0 radical (unpaired) electrons. The maximum Gasteiger partial charge on any atom is 0.389 e. The highest BCUT2D eigenvalue weighted by Gasteiger charge is 2.26. The summed E-state index contributed by atoms with van der Waals surface area (Å²) in [5.74, 6) is 0.292. The van der Waals surface area contributed by atoms with Gasteiger partial charge >= 0.3 is 6.18 Å². The molecule has 4 nitrogen and oxygen atoms in total. The molecule has 27 heavy (non-hydrogen) atoms. The monoisotopic (exact) mass is 377 g/mol. The predicted octanol–water partition coefficient (Wildman–Crippen LogP) is 5.00. The van der Waals surface area contributed by atoms with Crippen LogP contribution in [0.25, 0.3) is 5.69 Å². The summed E-state index contributed by atoms with van der Waals surface area (Å²) in [6, 6.07) is 7.24. The first-order chi connectivity index (χ1) is 12.9. The maximum atomic E-state index is 12.3. The Bertz CT molecular complexity index is 792. The molecule has 0 unspecified atom stereocenters. The molecule has 1 aromatic carbocycles. The van der Waals surface area contributed by atoms with E-state index < -0.39 is 12.6 Å². The van der Waals surface area contributed by atoms with Crippen LogP contribution in [0, 0.1) is 0 Å². The number of carbonyl (C=O) groups excluding carboxylic acids is 1. The Morgan fingerprint density at radius 1 is 1.26 bits per heavy atom. The summed E-state index contributed by atoms with van der Waals surface area (Å²) in [6.07, 6.45) is 2.71. The molecule has 1 aromatic heterocycles. The van der Waals surface area contributed by atoms with Crippen LogP contribution in [0.4, 0.5) is 18.9 Å². The van der Waals surface area contributed by atoms with E-state index >= 15 is 0 Å². The number of unbranched alkanes of at least 4 members (excludes halogenated alkanes) is 1. The summed E-state index contributed by atoms with van der Waals surface area (Å²) in [4.78, 5) is 13.6. The van der Waals surface area contributed by atoms with Crippen molar-refractivity contribution in [2.24, 2.45) is 0 Å². The van der Waals surface area contributed by atoms with Gasteiger partial charge in [-0.25, -0.2) is 4.68 Å². The number of hydrogen-bond acceptors (Lipinski definition) is 2. The Balaban J connectivity index is 1.66. The molecule has 1 fully saturated rings. The van der Waals surface area contributed by atoms with Gasteiger partial charge in [-0.15, -0.1) is 0 Å². The molecule has 0 spiro atoms. The van der Waals surface area contributed by atoms with E-state index in [1.165, 1.54) is 29.4 Å². The fourth-order valence-corrected chi connectivity index (χ4v) is 2.96. The van der Waals surface area contributed by atoms with E-state index in [-0.39, 0.29) is 25.3 Å². The summed E-state index contributed by atoms with van der Waals surface area (Å²) in [7, 11) is 0. The number of benzene rings is 1. The molecular weight excluding hydrogens is 355 g/mol. The Hall–Kier alpha value is -2.57. The molecule has 3 rings (SSSR count). The molecule has 0 aliphatic heterocycles. The molecule has 0 N–H and O–H groups in total. The van der Waals surface area contributed by atoms with Gasteiger partial charge in [-0.05, 0) is 67.5 Å². The van der Waals surface area contributed by atoms with Crippen LogP contribution in [0.3, 0.4) is 0 Å². The smallest absolute Gasteiger partial charge is 0.309 e. The van der Waals surface area contributed by atoms with Gasteiger partial charge in [0.05, 0.1) is 11.9 Å². The van der Waals surface area contributed by atoms with Gasteiger partial charge in [-0.3, -0.25) is 4.79 Å². The van der Waals surface area contributed by atoms with E-state index in [2.05, 4.69) is 11.7 Å². The fourth-order valence-electron chi connectivity index (χ4n) is 2.96. The number of nitrogens with zero attached hydrogens (tertiary/aromatic N) is 3. The molecule has 1 aliphatic carbocycles. The first kappa shape index (κ1) is 19.2. The van der Waals surface area contributed by atoms with Crippen LogP contribution in [0.1, 0.15) is 43.6 Å². The number of anilines is 1. The maximum absolute atomic E-state index is 12.3. The summed E-state index contributed by atoms with van der Waals surface area (Å²) >= 11 is 0.